The van der Waals surface area contributed by atoms with Crippen molar-refractivity contribution >= 4 is 50.4 Å². The van der Waals surface area contributed by atoms with Gasteiger partial charge in [0.1, 0.15) is 5.82 Å². The van der Waals surface area contributed by atoms with Crippen LogP contribution in [0.4, 0.5) is 5.82 Å². The van der Waals surface area contributed by atoms with Gasteiger partial charge in [-0.25, -0.2) is 4.98 Å². The quantitative estimate of drug-likeness (QED) is 0.216. The standard InChI is InChI=1S/C30H27N5O/c1-34-14-16-35(17-15-34)30(36)26-19-29(32-28-13-7-6-12-25(26)28)33-31-20-27-23-10-4-2-8-21(23)18-22-9-3-5-11-24(22)27/h2-13,18-20H,14-17H2,1H3,(H,32,33)/b31-20+. The second-order valence-corrected chi connectivity index (χ2v) is 9.27. The summed E-state index contributed by atoms with van der Waals surface area (Å²) in [5.74, 6) is 0.584. The summed E-state index contributed by atoms with van der Waals surface area (Å²) >= 11 is 0. The average molecular weight is 474 g/mol. The molecule has 6 heteroatoms. The lowest BCUT2D eigenvalue weighted by Gasteiger charge is -2.32. The van der Waals surface area contributed by atoms with E-state index in [2.05, 4.69) is 52.8 Å². The third-order valence-electron chi connectivity index (χ3n) is 6.92. The number of fused-ring (bicyclic) bond motifs is 3. The van der Waals surface area contributed by atoms with Crippen LogP contribution in [-0.4, -0.2) is 60.1 Å². The van der Waals surface area contributed by atoms with E-state index in [0.717, 1.165) is 53.4 Å². The number of piperazine rings is 1. The highest BCUT2D eigenvalue weighted by molar-refractivity contribution is 6.13. The molecule has 1 amide bonds. The van der Waals surface area contributed by atoms with E-state index in [4.69, 9.17) is 4.98 Å². The van der Waals surface area contributed by atoms with Gasteiger partial charge < -0.3 is 9.80 Å². The Bertz CT molecular complexity index is 1560. The summed E-state index contributed by atoms with van der Waals surface area (Å²) in [7, 11) is 2.09. The van der Waals surface area contributed by atoms with Gasteiger partial charge in [0.2, 0.25) is 0 Å². The van der Waals surface area contributed by atoms with Gasteiger partial charge in [-0.3, -0.25) is 10.2 Å². The zero-order chi connectivity index (χ0) is 24.5. The number of likely N-dealkylation sites (N-methyl/N-ethyl adjacent to an activating group) is 1. The van der Waals surface area contributed by atoms with Crippen LogP contribution in [0.3, 0.4) is 0 Å². The van der Waals surface area contributed by atoms with E-state index in [1.165, 1.54) is 10.8 Å². The maximum Gasteiger partial charge on any atom is 0.254 e. The molecule has 1 saturated heterocycles. The van der Waals surface area contributed by atoms with E-state index < -0.39 is 0 Å². The maximum atomic E-state index is 13.5. The molecule has 0 atom stereocenters. The zero-order valence-corrected chi connectivity index (χ0v) is 20.2. The van der Waals surface area contributed by atoms with Gasteiger partial charge in [-0.2, -0.15) is 5.10 Å². The summed E-state index contributed by atoms with van der Waals surface area (Å²) in [6.45, 7) is 3.20. The van der Waals surface area contributed by atoms with Gasteiger partial charge >= 0.3 is 0 Å². The van der Waals surface area contributed by atoms with Crippen LogP contribution in [0, 0.1) is 0 Å². The Morgan fingerprint density at radius 3 is 2.14 bits per heavy atom. The second kappa shape index (κ2) is 9.40. The highest BCUT2D eigenvalue weighted by atomic mass is 16.2. The van der Waals surface area contributed by atoms with Crippen molar-refractivity contribution in [3.8, 4) is 0 Å². The first kappa shape index (κ1) is 22.2. The predicted molar refractivity (Wildman–Crippen MR) is 148 cm³/mol. The van der Waals surface area contributed by atoms with Crippen molar-refractivity contribution in [1.29, 1.82) is 0 Å². The number of hydrogen-bond acceptors (Lipinski definition) is 5. The lowest BCUT2D eigenvalue weighted by molar-refractivity contribution is 0.0666. The highest BCUT2D eigenvalue weighted by Crippen LogP contribution is 2.28. The van der Waals surface area contributed by atoms with Crippen LogP contribution in [0.1, 0.15) is 15.9 Å². The van der Waals surface area contributed by atoms with Gasteiger partial charge in [0, 0.05) is 37.1 Å². The zero-order valence-electron chi connectivity index (χ0n) is 20.2. The minimum atomic E-state index is 0.0359. The molecule has 0 saturated carbocycles. The van der Waals surface area contributed by atoms with Crippen LogP contribution < -0.4 is 5.43 Å². The number of carbonyl (C=O) groups is 1. The number of carbonyl (C=O) groups excluding carboxylic acids is 1. The molecule has 2 heterocycles. The third kappa shape index (κ3) is 4.16. The van der Waals surface area contributed by atoms with E-state index in [9.17, 15) is 4.79 Å². The van der Waals surface area contributed by atoms with Gasteiger partial charge in [-0.15, -0.1) is 0 Å². The molecule has 1 N–H and O–H groups in total. The van der Waals surface area contributed by atoms with E-state index in [0.29, 0.717) is 11.4 Å². The van der Waals surface area contributed by atoms with E-state index in [-0.39, 0.29) is 5.91 Å². The first-order valence-electron chi connectivity index (χ1n) is 12.2. The monoisotopic (exact) mass is 473 g/mol. The Kier molecular flexibility index (Phi) is 5.79. The van der Waals surface area contributed by atoms with Crippen molar-refractivity contribution in [2.24, 2.45) is 5.10 Å². The molecule has 6 nitrogen and oxygen atoms in total. The average Bonchev–Trinajstić information content (AvgIpc) is 2.92. The molecule has 0 aliphatic carbocycles. The summed E-state index contributed by atoms with van der Waals surface area (Å²) < 4.78 is 0. The predicted octanol–water partition coefficient (Wildman–Crippen LogP) is 5.37. The molecule has 0 unspecified atom stereocenters. The normalized spacial score (nSPS) is 14.8. The first-order chi connectivity index (χ1) is 17.7. The fourth-order valence-corrected chi connectivity index (χ4v) is 4.94. The minimum Gasteiger partial charge on any atom is -0.336 e. The van der Waals surface area contributed by atoms with Crippen molar-refractivity contribution in [1.82, 2.24) is 14.8 Å². The summed E-state index contributed by atoms with van der Waals surface area (Å²) in [6, 6.07) is 28.5. The van der Waals surface area contributed by atoms with Gasteiger partial charge in [-0.05, 0) is 46.8 Å². The van der Waals surface area contributed by atoms with Crippen molar-refractivity contribution in [3.05, 3.63) is 96.1 Å². The molecule has 1 aliphatic rings. The van der Waals surface area contributed by atoms with Gasteiger partial charge in [0.05, 0.1) is 17.3 Å². The molecule has 5 aromatic rings. The number of hydrogen-bond donors (Lipinski definition) is 1. The summed E-state index contributed by atoms with van der Waals surface area (Å²) in [5, 5.41) is 10.0. The third-order valence-corrected chi connectivity index (χ3v) is 6.92. The molecular formula is C30H27N5O. The van der Waals surface area contributed by atoms with E-state index in [1.54, 1.807) is 0 Å². The number of hydrazone groups is 1. The van der Waals surface area contributed by atoms with E-state index in [1.807, 2.05) is 65.7 Å². The number of amides is 1. The number of para-hydroxylation sites is 1. The van der Waals surface area contributed by atoms with Crippen LogP contribution in [-0.2, 0) is 0 Å². The molecular weight excluding hydrogens is 446 g/mol. The molecule has 1 fully saturated rings. The number of nitrogens with zero attached hydrogens (tertiary/aromatic N) is 4. The fraction of sp³-hybridized carbons (Fsp3) is 0.167. The molecule has 6 rings (SSSR count). The molecule has 1 aliphatic heterocycles. The number of anilines is 1. The smallest absolute Gasteiger partial charge is 0.254 e. The second-order valence-electron chi connectivity index (χ2n) is 9.27. The van der Waals surface area contributed by atoms with Gasteiger partial charge in [0.15, 0.2) is 0 Å². The largest absolute Gasteiger partial charge is 0.336 e. The molecule has 4 aromatic carbocycles. The summed E-state index contributed by atoms with van der Waals surface area (Å²) in [5.41, 5.74) is 5.57. The number of aromatic nitrogens is 1. The SMILES string of the molecule is CN1CCN(C(=O)c2cc(N/N=C/c3c4ccccc4cc4ccccc34)nc3ccccc23)CC1. The van der Waals surface area contributed by atoms with Gasteiger partial charge in [-0.1, -0.05) is 66.7 Å². The van der Waals surface area contributed by atoms with Crippen molar-refractivity contribution in [3.63, 3.8) is 0 Å². The van der Waals surface area contributed by atoms with Crippen LogP contribution in [0.5, 0.6) is 0 Å². The highest BCUT2D eigenvalue weighted by Gasteiger charge is 2.22. The van der Waals surface area contributed by atoms with Crippen LogP contribution in [0.15, 0.2) is 90.0 Å². The first-order valence-corrected chi connectivity index (χ1v) is 12.2. The Labute approximate surface area is 209 Å². The van der Waals surface area contributed by atoms with Crippen molar-refractivity contribution < 1.29 is 4.79 Å². The Morgan fingerprint density at radius 1 is 0.833 bits per heavy atom. The maximum absolute atomic E-state index is 13.5. The fourth-order valence-electron chi connectivity index (χ4n) is 4.94. The molecule has 178 valence electrons. The van der Waals surface area contributed by atoms with Crippen molar-refractivity contribution in [2.45, 2.75) is 0 Å². The lowest BCUT2D eigenvalue weighted by Crippen LogP contribution is -2.47. The summed E-state index contributed by atoms with van der Waals surface area (Å²) in [4.78, 5) is 22.4. The lowest BCUT2D eigenvalue weighted by atomic mass is 9.97. The number of benzene rings is 4. The van der Waals surface area contributed by atoms with Gasteiger partial charge in [0.25, 0.3) is 5.91 Å². The van der Waals surface area contributed by atoms with Crippen LogP contribution in [0.2, 0.25) is 0 Å². The number of rotatable bonds is 4. The Morgan fingerprint density at radius 2 is 1.44 bits per heavy atom. The van der Waals surface area contributed by atoms with Crippen LogP contribution in [0.25, 0.3) is 32.4 Å². The Balaban J connectivity index is 1.36. The van der Waals surface area contributed by atoms with Crippen molar-refractivity contribution in [2.75, 3.05) is 38.7 Å². The minimum absolute atomic E-state index is 0.0359. The summed E-state index contributed by atoms with van der Waals surface area (Å²) in [6.07, 6.45) is 1.85. The Hall–Kier alpha value is -4.29. The van der Waals surface area contributed by atoms with Crippen LogP contribution >= 0.6 is 0 Å². The van der Waals surface area contributed by atoms with E-state index >= 15 is 0 Å². The molecule has 0 spiro atoms. The molecule has 36 heavy (non-hydrogen) atoms. The number of pyridine rings is 1. The number of nitrogens with one attached hydrogen (secondary N) is 1. The molecule has 0 bridgehead atoms. The molecule has 0 radical (unpaired) electrons. The topological polar surface area (TPSA) is 60.8 Å². The molecule has 1 aromatic heterocycles.